The maximum atomic E-state index is 12.6. The van der Waals surface area contributed by atoms with Gasteiger partial charge in [0, 0.05) is 19.4 Å². The third-order valence-corrected chi connectivity index (χ3v) is 12.8. The van der Waals surface area contributed by atoms with Crippen LogP contribution < -0.4 is 0 Å². The van der Waals surface area contributed by atoms with Gasteiger partial charge < -0.3 is 14.6 Å². The maximum Gasteiger partial charge on any atom is 0.305 e. The fraction of sp³-hybridized carbons (Fsp3) is 0.962. The van der Waals surface area contributed by atoms with Crippen LogP contribution in [0.1, 0.15) is 291 Å². The number of carbonyl (C=O) groups excluding carboxylic acids is 2. The Morgan fingerprint density at radius 2 is 0.569 bits per heavy atom. The van der Waals surface area contributed by atoms with Crippen molar-refractivity contribution in [3.05, 3.63) is 0 Å². The number of aliphatic hydroxyl groups is 1. The van der Waals surface area contributed by atoms with E-state index in [4.69, 9.17) is 9.47 Å². The zero-order valence-electron chi connectivity index (χ0n) is 39.9. The summed E-state index contributed by atoms with van der Waals surface area (Å²) in [5.41, 5.74) is 0. The number of unbranched alkanes of at least 4 members (excludes halogenated alkanes) is 25. The Labute approximate surface area is 363 Å². The van der Waals surface area contributed by atoms with Gasteiger partial charge in [-0.3, -0.25) is 9.59 Å². The summed E-state index contributed by atoms with van der Waals surface area (Å²) in [7, 11) is 0. The van der Waals surface area contributed by atoms with Gasteiger partial charge >= 0.3 is 11.9 Å². The van der Waals surface area contributed by atoms with Gasteiger partial charge in [0.2, 0.25) is 0 Å². The smallest absolute Gasteiger partial charge is 0.305 e. The van der Waals surface area contributed by atoms with Gasteiger partial charge in [-0.05, 0) is 62.7 Å². The van der Waals surface area contributed by atoms with Crippen LogP contribution in [-0.2, 0) is 19.1 Å². The Balaban J connectivity index is 4.22. The van der Waals surface area contributed by atoms with Crippen LogP contribution in [0.2, 0.25) is 0 Å². The average Bonchev–Trinajstić information content (AvgIpc) is 3.22. The number of rotatable bonds is 48. The second kappa shape index (κ2) is 47.0. The summed E-state index contributed by atoms with van der Waals surface area (Å²) in [6.45, 7) is 10.6. The first-order valence-corrected chi connectivity index (χ1v) is 26.4. The lowest BCUT2D eigenvalue weighted by atomic mass is 9.90. The van der Waals surface area contributed by atoms with E-state index in [9.17, 15) is 14.7 Å². The molecule has 2 unspecified atom stereocenters. The highest BCUT2D eigenvalue weighted by atomic mass is 16.5. The second-order valence-electron chi connectivity index (χ2n) is 18.6. The molecule has 2 atom stereocenters. The Hall–Kier alpha value is -1.10. The molecule has 0 amide bonds. The lowest BCUT2D eigenvalue weighted by Crippen LogP contribution is -2.14. The van der Waals surface area contributed by atoms with E-state index >= 15 is 0 Å². The van der Waals surface area contributed by atoms with Gasteiger partial charge in [-0.1, -0.05) is 233 Å². The van der Waals surface area contributed by atoms with Crippen molar-refractivity contribution in [1.29, 1.82) is 0 Å². The van der Waals surface area contributed by atoms with E-state index < -0.39 is 0 Å². The third kappa shape index (κ3) is 41.6. The first-order chi connectivity index (χ1) is 28.5. The monoisotopic (exact) mass is 821 g/mol. The van der Waals surface area contributed by atoms with E-state index in [0.29, 0.717) is 44.5 Å². The van der Waals surface area contributed by atoms with Gasteiger partial charge in [-0.25, -0.2) is 0 Å². The highest BCUT2D eigenvalue weighted by Crippen LogP contribution is 2.25. The van der Waals surface area contributed by atoms with Gasteiger partial charge in [0.15, 0.2) is 0 Å². The molecule has 0 bridgehead atoms. The Morgan fingerprint density at radius 1 is 0.328 bits per heavy atom. The van der Waals surface area contributed by atoms with Crippen LogP contribution in [0.15, 0.2) is 0 Å². The van der Waals surface area contributed by atoms with Crippen molar-refractivity contribution in [3.8, 4) is 0 Å². The number of esters is 2. The summed E-state index contributed by atoms with van der Waals surface area (Å²) in [6.07, 6.45) is 49.7. The molecule has 0 aliphatic carbocycles. The van der Waals surface area contributed by atoms with Gasteiger partial charge in [0.05, 0.1) is 13.2 Å². The normalized spacial score (nSPS) is 13.1. The van der Waals surface area contributed by atoms with E-state index in [1.165, 1.54) is 212 Å². The summed E-state index contributed by atoms with van der Waals surface area (Å²) < 4.78 is 11.6. The lowest BCUT2D eigenvalue weighted by Gasteiger charge is -2.17. The number of hydrogen-bond acceptors (Lipinski definition) is 5. The van der Waals surface area contributed by atoms with E-state index in [-0.39, 0.29) is 11.9 Å². The summed E-state index contributed by atoms with van der Waals surface area (Å²) >= 11 is 0. The van der Waals surface area contributed by atoms with Crippen molar-refractivity contribution in [2.75, 3.05) is 19.8 Å². The van der Waals surface area contributed by atoms with Crippen LogP contribution in [0.3, 0.4) is 0 Å². The first-order valence-electron chi connectivity index (χ1n) is 26.4. The van der Waals surface area contributed by atoms with Gasteiger partial charge in [0.1, 0.15) is 0 Å². The SMILES string of the molecule is CCCCCCCCC(CCCCCC)COC(=O)CCCCCCCC(CCCCO)CCCCCCCC(=O)OCC(CCCCCC)CCCCCCCC. The molecule has 0 heterocycles. The molecule has 0 fully saturated rings. The van der Waals surface area contributed by atoms with Crippen molar-refractivity contribution < 1.29 is 24.2 Å². The topological polar surface area (TPSA) is 72.8 Å². The van der Waals surface area contributed by atoms with E-state index in [2.05, 4.69) is 27.7 Å². The van der Waals surface area contributed by atoms with Crippen molar-refractivity contribution in [1.82, 2.24) is 0 Å². The van der Waals surface area contributed by atoms with Crippen molar-refractivity contribution >= 4 is 11.9 Å². The third-order valence-electron chi connectivity index (χ3n) is 12.8. The molecule has 5 nitrogen and oxygen atoms in total. The zero-order valence-corrected chi connectivity index (χ0v) is 39.9. The first kappa shape index (κ1) is 56.9. The molecular formula is C53H104O5. The molecule has 0 saturated carbocycles. The largest absolute Gasteiger partial charge is 0.465 e. The molecule has 346 valence electrons. The molecule has 0 aromatic heterocycles. The Bertz CT molecular complexity index is 767. The molecule has 0 aliphatic rings. The molecule has 0 aromatic rings. The zero-order chi connectivity index (χ0) is 42.4. The van der Waals surface area contributed by atoms with Crippen LogP contribution >= 0.6 is 0 Å². The number of carbonyl (C=O) groups is 2. The van der Waals surface area contributed by atoms with E-state index in [1.54, 1.807) is 0 Å². The maximum absolute atomic E-state index is 12.6. The molecule has 0 spiro atoms. The highest BCUT2D eigenvalue weighted by Gasteiger charge is 2.14. The molecule has 0 radical (unpaired) electrons. The van der Waals surface area contributed by atoms with E-state index in [0.717, 1.165) is 44.4 Å². The molecule has 0 rings (SSSR count). The molecular weight excluding hydrogens is 717 g/mol. The fourth-order valence-corrected chi connectivity index (χ4v) is 8.78. The summed E-state index contributed by atoms with van der Waals surface area (Å²) in [5.74, 6) is 1.87. The number of hydrogen-bond donors (Lipinski definition) is 1. The molecule has 58 heavy (non-hydrogen) atoms. The highest BCUT2D eigenvalue weighted by molar-refractivity contribution is 5.69. The van der Waals surface area contributed by atoms with Crippen LogP contribution in [0.5, 0.6) is 0 Å². The van der Waals surface area contributed by atoms with Crippen molar-refractivity contribution in [2.24, 2.45) is 17.8 Å². The van der Waals surface area contributed by atoms with Crippen LogP contribution in [-0.4, -0.2) is 36.9 Å². The van der Waals surface area contributed by atoms with Gasteiger partial charge in [0.25, 0.3) is 0 Å². The average molecular weight is 821 g/mol. The molecule has 0 aliphatic heterocycles. The predicted octanol–water partition coefficient (Wildman–Crippen LogP) is 17.0. The van der Waals surface area contributed by atoms with Crippen LogP contribution in [0.4, 0.5) is 0 Å². The standard InChI is InChI=1S/C53H104O5/c1-5-9-13-17-21-31-42-50(40-27-15-11-7-3)47-57-52(55)44-33-25-19-23-29-37-49(39-35-36-46-54)38-30-24-20-26-34-45-53(56)58-48-51(41-28-16-12-8-4)43-32-22-18-14-10-6-2/h49-51,54H,5-48H2,1-4H3. The molecule has 0 aromatic carbocycles. The van der Waals surface area contributed by atoms with Crippen molar-refractivity contribution in [2.45, 2.75) is 291 Å². The Kier molecular flexibility index (Phi) is 46.1. The summed E-state index contributed by atoms with van der Waals surface area (Å²) in [5, 5.41) is 9.35. The summed E-state index contributed by atoms with van der Waals surface area (Å²) in [6, 6.07) is 0. The Morgan fingerprint density at radius 3 is 0.879 bits per heavy atom. The van der Waals surface area contributed by atoms with Gasteiger partial charge in [-0.15, -0.1) is 0 Å². The van der Waals surface area contributed by atoms with Crippen LogP contribution in [0, 0.1) is 17.8 Å². The molecule has 0 saturated heterocycles. The molecule has 1 N–H and O–H groups in total. The van der Waals surface area contributed by atoms with Crippen molar-refractivity contribution in [3.63, 3.8) is 0 Å². The summed E-state index contributed by atoms with van der Waals surface area (Å²) in [4.78, 5) is 25.2. The minimum absolute atomic E-state index is 0.0149. The molecule has 5 heteroatoms. The quantitative estimate of drug-likeness (QED) is 0.0489. The minimum atomic E-state index is 0.0149. The number of aliphatic hydroxyl groups excluding tert-OH is 1. The van der Waals surface area contributed by atoms with Crippen LogP contribution in [0.25, 0.3) is 0 Å². The second-order valence-corrected chi connectivity index (χ2v) is 18.6. The number of ether oxygens (including phenoxy) is 2. The predicted molar refractivity (Wildman–Crippen MR) is 251 cm³/mol. The van der Waals surface area contributed by atoms with E-state index in [1.807, 2.05) is 0 Å². The minimum Gasteiger partial charge on any atom is -0.465 e. The lowest BCUT2D eigenvalue weighted by molar-refractivity contribution is -0.146. The fourth-order valence-electron chi connectivity index (χ4n) is 8.78. The van der Waals surface area contributed by atoms with Gasteiger partial charge in [-0.2, -0.15) is 0 Å².